The first kappa shape index (κ1) is 17.4. The van der Waals surface area contributed by atoms with E-state index in [4.69, 9.17) is 14.2 Å². The summed E-state index contributed by atoms with van der Waals surface area (Å²) in [6, 6.07) is 4.78. The molecule has 1 aliphatic heterocycles. The second-order valence-electron chi connectivity index (χ2n) is 4.83. The van der Waals surface area contributed by atoms with Gasteiger partial charge in [-0.15, -0.1) is 0 Å². The van der Waals surface area contributed by atoms with Crippen LogP contribution in [0.4, 0.5) is 5.69 Å². The van der Waals surface area contributed by atoms with Crippen molar-refractivity contribution >= 4 is 22.5 Å². The molecule has 23 heavy (non-hydrogen) atoms. The molecule has 0 atom stereocenters. The van der Waals surface area contributed by atoms with E-state index in [0.717, 1.165) is 4.31 Å². The van der Waals surface area contributed by atoms with Crippen LogP contribution in [0.25, 0.3) is 0 Å². The molecule has 0 unspecified atom stereocenters. The number of hydrogen-bond donors (Lipinski definition) is 1. The van der Waals surface area contributed by atoms with Crippen LogP contribution in [0.15, 0.2) is 18.2 Å². The Morgan fingerprint density at radius 3 is 2.52 bits per heavy atom. The van der Waals surface area contributed by atoms with Gasteiger partial charge in [0.15, 0.2) is 0 Å². The molecule has 0 bridgehead atoms. The van der Waals surface area contributed by atoms with E-state index in [1.54, 1.807) is 17.0 Å². The SMILES string of the molecule is COc1ccc(OC)c(N(CC(=O)N2CCOCC2)[SH](=O)=O)c1. The van der Waals surface area contributed by atoms with Crippen molar-refractivity contribution < 1.29 is 27.4 Å². The monoisotopic (exact) mass is 344 g/mol. The number of thiol groups is 1. The van der Waals surface area contributed by atoms with Crippen molar-refractivity contribution in [2.45, 2.75) is 0 Å². The van der Waals surface area contributed by atoms with Gasteiger partial charge in [-0.05, 0) is 12.1 Å². The molecule has 2 rings (SSSR count). The highest BCUT2D eigenvalue weighted by Crippen LogP contribution is 2.32. The maximum absolute atomic E-state index is 12.3. The van der Waals surface area contributed by atoms with Crippen LogP contribution in [0.5, 0.6) is 11.5 Å². The largest absolute Gasteiger partial charge is 0.497 e. The Morgan fingerprint density at radius 1 is 1.26 bits per heavy atom. The lowest BCUT2D eigenvalue weighted by atomic mass is 10.2. The summed E-state index contributed by atoms with van der Waals surface area (Å²) < 4.78 is 39.8. The van der Waals surface area contributed by atoms with Gasteiger partial charge in [-0.1, -0.05) is 0 Å². The lowest BCUT2D eigenvalue weighted by molar-refractivity contribution is -0.133. The molecule has 1 aromatic carbocycles. The van der Waals surface area contributed by atoms with E-state index in [9.17, 15) is 13.2 Å². The first-order valence-electron chi connectivity index (χ1n) is 7.06. The fraction of sp³-hybridized carbons (Fsp3) is 0.500. The molecule has 128 valence electrons. The van der Waals surface area contributed by atoms with Gasteiger partial charge < -0.3 is 19.1 Å². The smallest absolute Gasteiger partial charge is 0.243 e. The molecule has 1 fully saturated rings. The standard InChI is InChI=1S/C14H20N2O6S/c1-20-11-3-4-13(21-2)12(9-11)16(23(18)19)10-14(17)15-5-7-22-8-6-15/h3-4,9,23H,5-8,10H2,1-2H3. The van der Waals surface area contributed by atoms with Crippen molar-refractivity contribution in [3.05, 3.63) is 18.2 Å². The predicted octanol–water partition coefficient (Wildman–Crippen LogP) is -0.105. The zero-order valence-electron chi connectivity index (χ0n) is 13.1. The normalized spacial score (nSPS) is 14.7. The summed E-state index contributed by atoms with van der Waals surface area (Å²) in [6.45, 7) is 1.53. The Hall–Kier alpha value is -2.00. The first-order chi connectivity index (χ1) is 11.1. The van der Waals surface area contributed by atoms with E-state index >= 15 is 0 Å². The van der Waals surface area contributed by atoms with E-state index in [1.165, 1.54) is 20.3 Å². The van der Waals surface area contributed by atoms with Crippen LogP contribution in [-0.4, -0.2) is 66.3 Å². The molecular formula is C14H20N2O6S. The minimum absolute atomic E-state index is 0.268. The Balaban J connectivity index is 2.26. The summed E-state index contributed by atoms with van der Waals surface area (Å²) in [6.07, 6.45) is 0. The van der Waals surface area contributed by atoms with Gasteiger partial charge in [0.25, 0.3) is 0 Å². The number of carbonyl (C=O) groups excluding carboxylic acids is 1. The van der Waals surface area contributed by atoms with Gasteiger partial charge in [-0.25, -0.2) is 8.42 Å². The van der Waals surface area contributed by atoms with Gasteiger partial charge in [-0.2, -0.15) is 0 Å². The number of hydrogen-bond acceptors (Lipinski definition) is 6. The molecule has 0 spiro atoms. The van der Waals surface area contributed by atoms with Crippen LogP contribution < -0.4 is 13.8 Å². The summed E-state index contributed by atoms with van der Waals surface area (Å²) in [7, 11) is -0.100. The van der Waals surface area contributed by atoms with Crippen LogP contribution in [0.3, 0.4) is 0 Å². The van der Waals surface area contributed by atoms with Crippen molar-refractivity contribution in [1.29, 1.82) is 0 Å². The van der Waals surface area contributed by atoms with Crippen molar-refractivity contribution in [2.75, 3.05) is 51.4 Å². The van der Waals surface area contributed by atoms with Gasteiger partial charge in [-0.3, -0.25) is 9.10 Å². The number of ether oxygens (including phenoxy) is 3. The second-order valence-corrected chi connectivity index (χ2v) is 5.78. The number of nitrogens with zero attached hydrogens (tertiary/aromatic N) is 2. The zero-order valence-corrected chi connectivity index (χ0v) is 14.0. The van der Waals surface area contributed by atoms with Crippen molar-refractivity contribution in [3.8, 4) is 11.5 Å². The number of benzene rings is 1. The molecule has 1 aromatic rings. The van der Waals surface area contributed by atoms with E-state index in [-0.39, 0.29) is 18.1 Å². The van der Waals surface area contributed by atoms with Crippen LogP contribution >= 0.6 is 0 Å². The number of carbonyl (C=O) groups is 1. The summed E-state index contributed by atoms with van der Waals surface area (Å²) in [5.74, 6) is 0.540. The van der Waals surface area contributed by atoms with E-state index in [1.807, 2.05) is 0 Å². The van der Waals surface area contributed by atoms with Crippen molar-refractivity contribution in [2.24, 2.45) is 0 Å². The van der Waals surface area contributed by atoms with Gasteiger partial charge >= 0.3 is 0 Å². The summed E-state index contributed by atoms with van der Waals surface area (Å²) in [5, 5.41) is 0. The summed E-state index contributed by atoms with van der Waals surface area (Å²) in [4.78, 5) is 13.9. The maximum Gasteiger partial charge on any atom is 0.243 e. The first-order valence-corrected chi connectivity index (χ1v) is 8.19. The Bertz CT molecular complexity index is 620. The zero-order chi connectivity index (χ0) is 16.8. The molecule has 0 saturated carbocycles. The molecule has 1 amide bonds. The molecule has 0 radical (unpaired) electrons. The van der Waals surface area contributed by atoms with Gasteiger partial charge in [0.2, 0.25) is 16.8 Å². The third-order valence-electron chi connectivity index (χ3n) is 3.51. The highest BCUT2D eigenvalue weighted by atomic mass is 32.2. The highest BCUT2D eigenvalue weighted by Gasteiger charge is 2.23. The molecule has 0 N–H and O–H groups in total. The topological polar surface area (TPSA) is 85.4 Å². The van der Waals surface area contributed by atoms with Crippen LogP contribution in [0.1, 0.15) is 0 Å². The number of amides is 1. The van der Waals surface area contributed by atoms with Gasteiger partial charge in [0.05, 0.1) is 33.1 Å². The minimum Gasteiger partial charge on any atom is -0.497 e. The van der Waals surface area contributed by atoms with E-state index < -0.39 is 10.9 Å². The fourth-order valence-electron chi connectivity index (χ4n) is 2.27. The van der Waals surface area contributed by atoms with Gasteiger partial charge in [0.1, 0.15) is 18.0 Å². The molecule has 0 aromatic heterocycles. The molecule has 1 saturated heterocycles. The predicted molar refractivity (Wildman–Crippen MR) is 84.6 cm³/mol. The lowest BCUT2D eigenvalue weighted by Gasteiger charge is -2.29. The summed E-state index contributed by atoms with van der Waals surface area (Å²) in [5.41, 5.74) is 0.268. The van der Waals surface area contributed by atoms with E-state index in [0.29, 0.717) is 37.8 Å². The quantitative estimate of drug-likeness (QED) is 0.725. The van der Waals surface area contributed by atoms with Crippen LogP contribution in [0.2, 0.25) is 0 Å². The third kappa shape index (κ3) is 4.26. The molecule has 8 nitrogen and oxygen atoms in total. The average Bonchev–Trinajstić information content (AvgIpc) is 2.59. The van der Waals surface area contributed by atoms with Crippen molar-refractivity contribution in [3.63, 3.8) is 0 Å². The number of methoxy groups -OCH3 is 2. The van der Waals surface area contributed by atoms with Gasteiger partial charge in [0, 0.05) is 19.2 Å². The Kier molecular flexibility index (Phi) is 6.05. The minimum atomic E-state index is -3.01. The maximum atomic E-state index is 12.3. The number of morpholine rings is 1. The highest BCUT2D eigenvalue weighted by molar-refractivity contribution is 7.74. The number of rotatable bonds is 6. The second kappa shape index (κ2) is 8.02. The average molecular weight is 344 g/mol. The molecule has 0 aliphatic carbocycles. The summed E-state index contributed by atoms with van der Waals surface area (Å²) >= 11 is 0. The molecular weight excluding hydrogens is 324 g/mol. The van der Waals surface area contributed by atoms with Crippen LogP contribution in [0, 0.1) is 0 Å². The fourth-order valence-corrected chi connectivity index (χ4v) is 2.84. The van der Waals surface area contributed by atoms with E-state index in [2.05, 4.69) is 0 Å². The molecule has 9 heteroatoms. The number of anilines is 1. The Labute approximate surface area is 136 Å². The van der Waals surface area contributed by atoms with Crippen molar-refractivity contribution in [1.82, 2.24) is 4.90 Å². The molecule has 1 aliphatic rings. The van der Waals surface area contributed by atoms with Crippen LogP contribution in [-0.2, 0) is 20.4 Å². The lowest BCUT2D eigenvalue weighted by Crippen LogP contribution is -2.45. The Morgan fingerprint density at radius 2 is 1.96 bits per heavy atom. The molecule has 1 heterocycles. The third-order valence-corrected chi connectivity index (χ3v) is 4.26.